The Morgan fingerprint density at radius 1 is 1.17 bits per heavy atom. The van der Waals surface area contributed by atoms with Gasteiger partial charge in [-0.05, 0) is 57.4 Å². The summed E-state index contributed by atoms with van der Waals surface area (Å²) in [4.78, 5) is 58.6. The van der Waals surface area contributed by atoms with Gasteiger partial charge in [-0.1, -0.05) is 37.3 Å². The molecule has 0 radical (unpaired) electrons. The highest BCUT2D eigenvalue weighted by Crippen LogP contribution is 2.59. The standard InChI is InChI=1S/C26H36N4O6/c1-5-18(28-23(33)36-25(2,3)4)20(31)14-27-22(32)19-13-26(11-12-26)21-15-29(19)24(34)30(21)35-16-17-9-7-6-8-10-17/h6-10,18-19,21H,5,11-16H2,1-4H3,(H,27,32)(H,28,33)/t18?,19-,21-/m0/s1. The number of amides is 4. The number of carbonyl (C=O) groups excluding carboxylic acids is 4. The molecule has 2 heterocycles. The molecule has 3 atom stereocenters. The fourth-order valence-electron chi connectivity index (χ4n) is 5.00. The van der Waals surface area contributed by atoms with Gasteiger partial charge in [0.1, 0.15) is 18.2 Å². The minimum absolute atomic E-state index is 0.0816. The zero-order valence-electron chi connectivity index (χ0n) is 21.4. The maximum Gasteiger partial charge on any atom is 0.408 e. The summed E-state index contributed by atoms with van der Waals surface area (Å²) < 4.78 is 5.22. The molecule has 10 nitrogen and oxygen atoms in total. The number of urea groups is 1. The van der Waals surface area contributed by atoms with Gasteiger partial charge in [-0.15, -0.1) is 0 Å². The molecule has 2 bridgehead atoms. The minimum Gasteiger partial charge on any atom is -0.444 e. The Morgan fingerprint density at radius 2 is 1.86 bits per heavy atom. The van der Waals surface area contributed by atoms with Gasteiger partial charge >= 0.3 is 12.1 Å². The third-order valence-electron chi connectivity index (χ3n) is 7.10. The molecule has 1 unspecified atom stereocenters. The fourth-order valence-corrected chi connectivity index (χ4v) is 5.00. The average molecular weight is 501 g/mol. The molecule has 4 amide bonds. The smallest absolute Gasteiger partial charge is 0.408 e. The van der Waals surface area contributed by atoms with E-state index >= 15 is 0 Å². The maximum atomic E-state index is 13.2. The van der Waals surface area contributed by atoms with E-state index in [1.807, 2.05) is 30.3 Å². The number of carbonyl (C=O) groups is 4. The van der Waals surface area contributed by atoms with Crippen LogP contribution >= 0.6 is 0 Å². The summed E-state index contributed by atoms with van der Waals surface area (Å²) in [5.41, 5.74) is 0.151. The number of Topliss-reactive ketones (excluding diaryl/α,β-unsaturated/α-hetero) is 1. The molecule has 2 aliphatic heterocycles. The van der Waals surface area contributed by atoms with Gasteiger partial charge in [-0.2, -0.15) is 5.06 Å². The maximum absolute atomic E-state index is 13.2. The molecule has 3 aliphatic rings. The van der Waals surface area contributed by atoms with E-state index in [1.54, 1.807) is 32.6 Å². The van der Waals surface area contributed by atoms with Crippen LogP contribution in [-0.4, -0.2) is 70.6 Å². The molecule has 1 aliphatic carbocycles. The van der Waals surface area contributed by atoms with Crippen molar-refractivity contribution >= 4 is 23.8 Å². The first kappa shape index (κ1) is 25.9. The van der Waals surface area contributed by atoms with Crippen LogP contribution in [0.25, 0.3) is 0 Å². The van der Waals surface area contributed by atoms with Crippen LogP contribution in [0.3, 0.4) is 0 Å². The molecule has 2 saturated heterocycles. The monoisotopic (exact) mass is 500 g/mol. The number of nitrogens with one attached hydrogen (secondary N) is 2. The van der Waals surface area contributed by atoms with E-state index in [0.717, 1.165) is 18.4 Å². The Labute approximate surface area is 211 Å². The van der Waals surface area contributed by atoms with E-state index < -0.39 is 23.8 Å². The Balaban J connectivity index is 1.34. The van der Waals surface area contributed by atoms with Crippen molar-refractivity contribution in [2.24, 2.45) is 5.41 Å². The van der Waals surface area contributed by atoms with Crippen molar-refractivity contribution in [3.05, 3.63) is 35.9 Å². The van der Waals surface area contributed by atoms with Crippen LogP contribution in [0.1, 0.15) is 58.9 Å². The number of nitrogens with zero attached hydrogens (tertiary/aromatic N) is 2. The van der Waals surface area contributed by atoms with Crippen molar-refractivity contribution in [1.29, 1.82) is 0 Å². The normalized spacial score (nSPS) is 22.8. The predicted octanol–water partition coefficient (Wildman–Crippen LogP) is 2.77. The van der Waals surface area contributed by atoms with Crippen LogP contribution < -0.4 is 10.6 Å². The van der Waals surface area contributed by atoms with Gasteiger partial charge in [0, 0.05) is 6.54 Å². The number of alkyl carbamates (subject to hydrolysis) is 1. The van der Waals surface area contributed by atoms with Crippen molar-refractivity contribution in [3.8, 4) is 0 Å². The number of ether oxygens (including phenoxy) is 1. The van der Waals surface area contributed by atoms with E-state index in [-0.39, 0.29) is 42.3 Å². The number of rotatable bonds is 9. The van der Waals surface area contributed by atoms with E-state index in [4.69, 9.17) is 9.57 Å². The van der Waals surface area contributed by atoms with Crippen molar-refractivity contribution in [2.45, 2.75) is 83.7 Å². The Morgan fingerprint density at radius 3 is 2.47 bits per heavy atom. The first-order valence-corrected chi connectivity index (χ1v) is 12.6. The number of piperidine rings is 1. The zero-order valence-corrected chi connectivity index (χ0v) is 21.4. The quantitative estimate of drug-likeness (QED) is 0.539. The van der Waals surface area contributed by atoms with Gasteiger partial charge in [0.25, 0.3) is 0 Å². The van der Waals surface area contributed by atoms with E-state index in [0.29, 0.717) is 19.4 Å². The summed E-state index contributed by atoms with van der Waals surface area (Å²) in [5, 5.41) is 6.72. The van der Waals surface area contributed by atoms with Crippen molar-refractivity contribution < 1.29 is 28.8 Å². The van der Waals surface area contributed by atoms with Crippen LogP contribution in [-0.2, 0) is 25.8 Å². The van der Waals surface area contributed by atoms with Gasteiger partial charge in [-0.25, -0.2) is 9.59 Å². The predicted molar refractivity (Wildman–Crippen MR) is 130 cm³/mol. The molecule has 196 valence electrons. The van der Waals surface area contributed by atoms with Crippen molar-refractivity contribution in [3.63, 3.8) is 0 Å². The van der Waals surface area contributed by atoms with E-state index in [2.05, 4.69) is 10.6 Å². The molecule has 3 fully saturated rings. The van der Waals surface area contributed by atoms with Gasteiger partial charge in [0.2, 0.25) is 5.91 Å². The van der Waals surface area contributed by atoms with Gasteiger partial charge in [0.05, 0.1) is 18.6 Å². The molecule has 36 heavy (non-hydrogen) atoms. The number of ketones is 1. The van der Waals surface area contributed by atoms with Crippen LogP contribution in [0.15, 0.2) is 30.3 Å². The van der Waals surface area contributed by atoms with Gasteiger partial charge in [-0.3, -0.25) is 14.4 Å². The Hall–Kier alpha value is -3.14. The van der Waals surface area contributed by atoms with Crippen LogP contribution in [0.2, 0.25) is 0 Å². The van der Waals surface area contributed by atoms with E-state index in [1.165, 1.54) is 5.06 Å². The topological polar surface area (TPSA) is 117 Å². The third kappa shape index (κ3) is 5.64. The van der Waals surface area contributed by atoms with Crippen molar-refractivity contribution in [2.75, 3.05) is 13.1 Å². The second kappa shape index (κ2) is 10.1. The SMILES string of the molecule is CCC(NC(=O)OC(C)(C)C)C(=O)CNC(=O)[C@@H]1CC2(CC2)[C@@H]2CN1C(=O)N2OCc1ccccc1. The summed E-state index contributed by atoms with van der Waals surface area (Å²) in [6, 6.07) is 7.81. The molecular formula is C26H36N4O6. The van der Waals surface area contributed by atoms with Crippen LogP contribution in [0, 0.1) is 5.41 Å². The third-order valence-corrected chi connectivity index (χ3v) is 7.10. The Kier molecular flexibility index (Phi) is 7.26. The summed E-state index contributed by atoms with van der Waals surface area (Å²) in [5.74, 6) is -0.689. The molecule has 1 saturated carbocycles. The molecular weight excluding hydrogens is 464 g/mol. The first-order valence-electron chi connectivity index (χ1n) is 12.6. The number of benzene rings is 1. The van der Waals surface area contributed by atoms with Gasteiger partial charge < -0.3 is 20.3 Å². The van der Waals surface area contributed by atoms with Crippen LogP contribution in [0.4, 0.5) is 9.59 Å². The molecule has 1 aromatic carbocycles. The lowest BCUT2D eigenvalue weighted by Gasteiger charge is -2.35. The zero-order chi connectivity index (χ0) is 26.1. The number of hydrogen-bond donors (Lipinski definition) is 2. The summed E-state index contributed by atoms with van der Waals surface area (Å²) >= 11 is 0. The van der Waals surface area contributed by atoms with E-state index in [9.17, 15) is 19.2 Å². The molecule has 4 rings (SSSR count). The number of hydroxylamine groups is 2. The molecule has 0 aromatic heterocycles. The lowest BCUT2D eigenvalue weighted by molar-refractivity contribution is -0.153. The Bertz CT molecular complexity index is 1000. The molecule has 1 aromatic rings. The highest BCUT2D eigenvalue weighted by atomic mass is 16.7. The minimum atomic E-state index is -0.777. The number of fused-ring (bicyclic) bond motifs is 3. The summed E-state index contributed by atoms with van der Waals surface area (Å²) in [7, 11) is 0. The highest BCUT2D eigenvalue weighted by Gasteiger charge is 2.64. The summed E-state index contributed by atoms with van der Waals surface area (Å²) in [6.07, 6.45) is 2.10. The lowest BCUT2D eigenvalue weighted by atomic mass is 9.85. The van der Waals surface area contributed by atoms with Gasteiger partial charge in [0.15, 0.2) is 5.78 Å². The number of hydrogen-bond acceptors (Lipinski definition) is 6. The molecule has 10 heteroatoms. The fraction of sp³-hybridized carbons (Fsp3) is 0.615. The highest BCUT2D eigenvalue weighted by molar-refractivity contribution is 5.94. The van der Waals surface area contributed by atoms with Crippen LogP contribution in [0.5, 0.6) is 0 Å². The summed E-state index contributed by atoms with van der Waals surface area (Å²) in [6.45, 7) is 7.46. The molecule has 2 N–H and O–H groups in total. The molecule has 1 spiro atoms. The van der Waals surface area contributed by atoms with Crippen molar-refractivity contribution in [1.82, 2.24) is 20.6 Å². The second-order valence-electron chi connectivity index (χ2n) is 10.9. The average Bonchev–Trinajstić information content (AvgIpc) is 3.54. The second-order valence-corrected chi connectivity index (χ2v) is 10.9. The lowest BCUT2D eigenvalue weighted by Crippen LogP contribution is -2.54. The largest absolute Gasteiger partial charge is 0.444 e. The first-order chi connectivity index (χ1) is 17.0.